The number of methoxy groups -OCH3 is 1. The molecule has 1 aliphatic carbocycles. The molecule has 0 saturated heterocycles. The Hall–Kier alpha value is -4.21. The molecule has 0 aromatic heterocycles. The van der Waals surface area contributed by atoms with Crippen molar-refractivity contribution in [2.24, 2.45) is 38.9 Å². The van der Waals surface area contributed by atoms with Crippen LogP contribution in [0.3, 0.4) is 0 Å². The fourth-order valence-corrected chi connectivity index (χ4v) is 6.12. The number of carbonyl (C=O) groups is 3. The zero-order chi connectivity index (χ0) is 38.3. The lowest BCUT2D eigenvalue weighted by molar-refractivity contribution is -0.124. The third kappa shape index (κ3) is 13.5. The highest BCUT2D eigenvalue weighted by atomic mass is 16.5. The van der Waals surface area contributed by atoms with Crippen molar-refractivity contribution >= 4 is 40.5 Å². The summed E-state index contributed by atoms with van der Waals surface area (Å²) in [5, 5.41) is 9.03. The van der Waals surface area contributed by atoms with Crippen LogP contribution in [0.5, 0.6) is 5.75 Å². The normalized spacial score (nSPS) is 16.0. The quantitative estimate of drug-likeness (QED) is 0.0507. The molecule has 1 aromatic rings. The van der Waals surface area contributed by atoms with Crippen LogP contribution in [-0.2, 0) is 14.4 Å². The van der Waals surface area contributed by atoms with Gasteiger partial charge in [0.05, 0.1) is 24.1 Å². The van der Waals surface area contributed by atoms with Crippen molar-refractivity contribution in [3.63, 3.8) is 0 Å². The first kappa shape index (κ1) is 43.0. The standard InChI is InChI=1S/C41H64N6O4/c1-12-15-28(18-14-17-26(3)35(48)25-41(5,6)7)33(43-8)23-31(42)37-27(4)19-22-32(38(37)51-11)46-34(30(16-13-2)40(50)45-10)24-36(44-9)47-39(49)29-20-21-29/h16,19,22-24,26,28-29,46H,12-15,17-18,20-21,25,42H2,1-11H3,(H,45,50)(H,44,47,49)/b30-16-,31-23-,34-24+,43-33?. The van der Waals surface area contributed by atoms with E-state index < -0.39 is 0 Å². The van der Waals surface area contributed by atoms with E-state index in [1.807, 2.05) is 45.1 Å². The summed E-state index contributed by atoms with van der Waals surface area (Å²) in [5.41, 5.74) is 11.4. The zero-order valence-corrected chi connectivity index (χ0v) is 33.1. The van der Waals surface area contributed by atoms with Crippen molar-refractivity contribution in [3.8, 4) is 5.75 Å². The van der Waals surface area contributed by atoms with Gasteiger partial charge in [-0.1, -0.05) is 66.5 Å². The molecule has 0 bridgehead atoms. The van der Waals surface area contributed by atoms with Gasteiger partial charge in [-0.2, -0.15) is 0 Å². The van der Waals surface area contributed by atoms with Crippen LogP contribution in [0, 0.1) is 30.1 Å². The molecule has 2 amide bonds. The minimum Gasteiger partial charge on any atom is -0.494 e. The number of amidine groups is 1. The molecule has 0 spiro atoms. The van der Waals surface area contributed by atoms with Gasteiger partial charge in [0.2, 0.25) is 5.91 Å². The van der Waals surface area contributed by atoms with Crippen LogP contribution in [0.4, 0.5) is 5.69 Å². The van der Waals surface area contributed by atoms with E-state index in [2.05, 4.69) is 48.6 Å². The van der Waals surface area contributed by atoms with Gasteiger partial charge < -0.3 is 26.4 Å². The molecule has 1 saturated carbocycles. The number of likely N-dealkylation sites (N-methyl/N-ethyl adjacent to an activating group) is 1. The van der Waals surface area contributed by atoms with E-state index in [4.69, 9.17) is 15.5 Å². The number of nitrogens with zero attached hydrogens (tertiary/aromatic N) is 2. The van der Waals surface area contributed by atoms with Crippen LogP contribution in [0.15, 0.2) is 51.6 Å². The van der Waals surface area contributed by atoms with Crippen molar-refractivity contribution < 1.29 is 19.1 Å². The molecule has 51 heavy (non-hydrogen) atoms. The Morgan fingerprint density at radius 1 is 1.06 bits per heavy atom. The van der Waals surface area contributed by atoms with Crippen LogP contribution in [0.25, 0.3) is 5.70 Å². The molecule has 1 aliphatic rings. The lowest BCUT2D eigenvalue weighted by atomic mass is 9.83. The van der Waals surface area contributed by atoms with Crippen molar-refractivity contribution in [3.05, 3.63) is 52.8 Å². The largest absolute Gasteiger partial charge is 0.494 e. The maximum atomic E-state index is 13.1. The Morgan fingerprint density at radius 2 is 1.75 bits per heavy atom. The summed E-state index contributed by atoms with van der Waals surface area (Å²) in [6.45, 7) is 14.5. The fraction of sp³-hybridized carbons (Fsp3) is 0.585. The highest BCUT2D eigenvalue weighted by Gasteiger charge is 2.30. The summed E-state index contributed by atoms with van der Waals surface area (Å²) in [5.74, 6) is 1.01. The summed E-state index contributed by atoms with van der Waals surface area (Å²) < 4.78 is 6.01. The molecule has 2 rings (SSSR count). The number of ether oxygens (including phenoxy) is 1. The zero-order valence-electron chi connectivity index (χ0n) is 33.1. The smallest absolute Gasteiger partial charge is 0.252 e. The van der Waals surface area contributed by atoms with Gasteiger partial charge in [-0.3, -0.25) is 24.4 Å². The molecular weight excluding hydrogens is 640 g/mol. The first-order chi connectivity index (χ1) is 24.1. The predicted octanol–water partition coefficient (Wildman–Crippen LogP) is 7.53. The number of benzene rings is 1. The minimum absolute atomic E-state index is 0.00895. The summed E-state index contributed by atoms with van der Waals surface area (Å²) in [6, 6.07) is 3.84. The Balaban J connectivity index is 2.50. The van der Waals surface area contributed by atoms with Crippen LogP contribution >= 0.6 is 0 Å². The maximum Gasteiger partial charge on any atom is 0.252 e. The van der Waals surface area contributed by atoms with Gasteiger partial charge in [-0.05, 0) is 68.6 Å². The molecule has 10 nitrogen and oxygen atoms in total. The summed E-state index contributed by atoms with van der Waals surface area (Å²) in [7, 11) is 6.57. The third-order valence-electron chi connectivity index (χ3n) is 9.08. The first-order valence-electron chi connectivity index (χ1n) is 18.5. The Kier molecular flexibility index (Phi) is 17.3. The lowest BCUT2D eigenvalue weighted by Crippen LogP contribution is -2.32. The number of rotatable bonds is 19. The number of aryl methyl sites for hydroxylation is 1. The number of nitrogens with one attached hydrogen (secondary N) is 3. The van der Waals surface area contributed by atoms with Gasteiger partial charge in [0.25, 0.3) is 5.91 Å². The van der Waals surface area contributed by atoms with E-state index in [1.54, 1.807) is 34.3 Å². The molecule has 2 atom stereocenters. The number of carbonyl (C=O) groups excluding carboxylic acids is 3. The number of aliphatic imine (C=N–C) groups is 2. The van der Waals surface area contributed by atoms with E-state index in [0.29, 0.717) is 58.4 Å². The molecule has 5 N–H and O–H groups in total. The predicted molar refractivity (Wildman–Crippen MR) is 212 cm³/mol. The molecule has 0 aliphatic heterocycles. The summed E-state index contributed by atoms with van der Waals surface area (Å²) >= 11 is 0. The van der Waals surface area contributed by atoms with Crippen molar-refractivity contribution in [2.45, 2.75) is 106 Å². The molecular formula is C41H64N6O4. The van der Waals surface area contributed by atoms with E-state index >= 15 is 0 Å². The van der Waals surface area contributed by atoms with Crippen molar-refractivity contribution in [1.29, 1.82) is 0 Å². The maximum absolute atomic E-state index is 13.1. The number of nitrogens with two attached hydrogens (primary N) is 1. The van der Waals surface area contributed by atoms with Gasteiger partial charge in [-0.15, -0.1) is 0 Å². The second-order valence-electron chi connectivity index (χ2n) is 14.8. The van der Waals surface area contributed by atoms with E-state index in [-0.39, 0.29) is 35.0 Å². The molecule has 2 unspecified atom stereocenters. The highest BCUT2D eigenvalue weighted by Crippen LogP contribution is 2.37. The molecule has 282 valence electrons. The molecule has 10 heteroatoms. The van der Waals surface area contributed by atoms with Crippen molar-refractivity contribution in [2.75, 3.05) is 33.6 Å². The topological polar surface area (TPSA) is 147 Å². The monoisotopic (exact) mass is 704 g/mol. The Morgan fingerprint density at radius 3 is 2.27 bits per heavy atom. The van der Waals surface area contributed by atoms with Crippen LogP contribution in [-0.4, -0.2) is 57.4 Å². The summed E-state index contributed by atoms with van der Waals surface area (Å²) in [6.07, 6.45) is 13.0. The first-order valence-corrected chi connectivity index (χ1v) is 18.5. The van der Waals surface area contributed by atoms with E-state index in [9.17, 15) is 14.4 Å². The van der Waals surface area contributed by atoms with Crippen molar-refractivity contribution in [1.82, 2.24) is 10.6 Å². The Bertz CT molecular complexity index is 1520. The van der Waals surface area contributed by atoms with Gasteiger partial charge >= 0.3 is 0 Å². The minimum atomic E-state index is -0.288. The number of hydrogen-bond donors (Lipinski definition) is 4. The molecule has 0 heterocycles. The SMILES string of the molecule is CC/C=C(C(=O)NC)/C(=C\C(=NC)NC(=O)C1CC1)Nc1ccc(C)c(/C(N)=C/C(=NC)C(CCC)CCCC(C)C(=O)CC(C)(C)C)c1OC. The lowest BCUT2D eigenvalue weighted by Gasteiger charge is -2.22. The average molecular weight is 705 g/mol. The number of ketones is 1. The highest BCUT2D eigenvalue weighted by molar-refractivity contribution is 6.08. The van der Waals surface area contributed by atoms with Gasteiger partial charge in [-0.25, -0.2) is 0 Å². The van der Waals surface area contributed by atoms with Gasteiger partial charge in [0.15, 0.2) is 5.75 Å². The van der Waals surface area contributed by atoms with Gasteiger partial charge in [0, 0.05) is 68.4 Å². The second-order valence-corrected chi connectivity index (χ2v) is 14.8. The molecule has 1 aromatic carbocycles. The number of hydrogen-bond acceptors (Lipinski definition) is 8. The van der Waals surface area contributed by atoms with E-state index in [0.717, 1.165) is 56.2 Å². The fourth-order valence-electron chi connectivity index (χ4n) is 6.12. The molecule has 1 fully saturated rings. The van der Waals surface area contributed by atoms with Crippen LogP contribution in [0.2, 0.25) is 0 Å². The second kappa shape index (κ2) is 20.6. The van der Waals surface area contributed by atoms with E-state index in [1.165, 1.54) is 0 Å². The number of Topliss-reactive ketones (excluding diaryl/α,β-unsaturated/α-hetero) is 1. The Labute approximate surface area is 307 Å². The third-order valence-corrected chi connectivity index (χ3v) is 9.08. The number of allylic oxidation sites excluding steroid dienone is 2. The molecule has 0 radical (unpaired) electrons. The van der Waals surface area contributed by atoms with Gasteiger partial charge in [0.1, 0.15) is 11.6 Å². The number of anilines is 1. The van der Waals surface area contributed by atoms with Crippen LogP contribution < -0.4 is 26.4 Å². The number of amides is 2. The average Bonchev–Trinajstić information content (AvgIpc) is 3.94. The summed E-state index contributed by atoms with van der Waals surface area (Å²) in [4.78, 5) is 47.5. The van der Waals surface area contributed by atoms with Crippen LogP contribution in [0.1, 0.15) is 110 Å².